The normalized spacial score (nSPS) is 12.7. The summed E-state index contributed by atoms with van der Waals surface area (Å²) < 4.78 is 28.3. The molecule has 2 rings (SSSR count). The van der Waals surface area contributed by atoms with Crippen molar-refractivity contribution in [3.63, 3.8) is 0 Å². The predicted octanol–water partition coefficient (Wildman–Crippen LogP) is 3.71. The standard InChI is InChI=1S/C13H13F2NOS/c1-8-2-7-11(18-8)12(16)9-3-5-10(6-4-9)17-13(14)15/h2-7,12-13H,16H2,1H3. The summed E-state index contributed by atoms with van der Waals surface area (Å²) in [5.74, 6) is 0.142. The van der Waals surface area contributed by atoms with Gasteiger partial charge in [-0.05, 0) is 36.8 Å². The third kappa shape index (κ3) is 3.05. The Bertz CT molecular complexity index is 510. The van der Waals surface area contributed by atoms with Gasteiger partial charge in [0.25, 0.3) is 0 Å². The van der Waals surface area contributed by atoms with Gasteiger partial charge in [0.05, 0.1) is 6.04 Å². The van der Waals surface area contributed by atoms with Crippen molar-refractivity contribution >= 4 is 11.3 Å². The van der Waals surface area contributed by atoms with Crippen LogP contribution in [0.3, 0.4) is 0 Å². The molecule has 0 aliphatic carbocycles. The minimum Gasteiger partial charge on any atom is -0.435 e. The van der Waals surface area contributed by atoms with Crippen LogP contribution in [0.4, 0.5) is 8.78 Å². The van der Waals surface area contributed by atoms with Crippen molar-refractivity contribution < 1.29 is 13.5 Å². The Morgan fingerprint density at radius 1 is 1.11 bits per heavy atom. The molecule has 0 aliphatic rings. The smallest absolute Gasteiger partial charge is 0.387 e. The molecule has 0 bridgehead atoms. The first-order chi connectivity index (χ1) is 8.56. The van der Waals surface area contributed by atoms with Crippen LogP contribution in [0, 0.1) is 6.92 Å². The first-order valence-electron chi connectivity index (χ1n) is 5.43. The Morgan fingerprint density at radius 3 is 2.28 bits per heavy atom. The van der Waals surface area contributed by atoms with Gasteiger partial charge in [-0.2, -0.15) is 8.78 Å². The van der Waals surface area contributed by atoms with Gasteiger partial charge in [0.2, 0.25) is 0 Å². The molecule has 2 aromatic rings. The Labute approximate surface area is 108 Å². The van der Waals surface area contributed by atoms with Gasteiger partial charge in [0, 0.05) is 9.75 Å². The summed E-state index contributed by atoms with van der Waals surface area (Å²) in [6, 6.07) is 10.2. The molecule has 1 heterocycles. The Balaban J connectivity index is 2.14. The highest BCUT2D eigenvalue weighted by atomic mass is 32.1. The second kappa shape index (κ2) is 5.46. The maximum Gasteiger partial charge on any atom is 0.387 e. The molecule has 18 heavy (non-hydrogen) atoms. The van der Waals surface area contributed by atoms with Gasteiger partial charge in [0.1, 0.15) is 5.75 Å². The van der Waals surface area contributed by atoms with Crippen molar-refractivity contribution in [1.82, 2.24) is 0 Å². The summed E-state index contributed by atoms with van der Waals surface area (Å²) in [5, 5.41) is 0. The minimum absolute atomic E-state index is 0.142. The quantitative estimate of drug-likeness (QED) is 0.918. The molecule has 1 unspecified atom stereocenters. The number of halogens is 2. The highest BCUT2D eigenvalue weighted by Crippen LogP contribution is 2.27. The zero-order valence-corrected chi connectivity index (χ0v) is 10.6. The second-order valence-electron chi connectivity index (χ2n) is 3.87. The zero-order valence-electron chi connectivity index (χ0n) is 9.77. The van der Waals surface area contributed by atoms with Gasteiger partial charge in [-0.3, -0.25) is 0 Å². The van der Waals surface area contributed by atoms with Gasteiger partial charge in [-0.1, -0.05) is 12.1 Å². The summed E-state index contributed by atoms with van der Waals surface area (Å²) in [6.45, 7) is -0.787. The van der Waals surface area contributed by atoms with Gasteiger partial charge in [0.15, 0.2) is 0 Å². The molecule has 0 saturated heterocycles. The molecule has 0 fully saturated rings. The van der Waals surface area contributed by atoms with Crippen LogP contribution in [0.2, 0.25) is 0 Å². The fraction of sp³-hybridized carbons (Fsp3) is 0.231. The van der Waals surface area contributed by atoms with Crippen LogP contribution in [0.5, 0.6) is 5.75 Å². The molecule has 5 heteroatoms. The number of alkyl halides is 2. The van der Waals surface area contributed by atoms with E-state index in [1.54, 1.807) is 23.5 Å². The molecule has 0 spiro atoms. The molecule has 1 aromatic heterocycles. The Morgan fingerprint density at radius 2 is 1.78 bits per heavy atom. The Kier molecular flexibility index (Phi) is 3.93. The number of benzene rings is 1. The highest BCUT2D eigenvalue weighted by Gasteiger charge is 2.11. The lowest BCUT2D eigenvalue weighted by atomic mass is 10.1. The summed E-state index contributed by atoms with van der Waals surface area (Å²) in [4.78, 5) is 2.24. The fourth-order valence-corrected chi connectivity index (χ4v) is 2.55. The monoisotopic (exact) mass is 269 g/mol. The molecule has 0 radical (unpaired) electrons. The molecule has 0 amide bonds. The van der Waals surface area contributed by atoms with E-state index >= 15 is 0 Å². The Hall–Kier alpha value is -1.46. The van der Waals surface area contributed by atoms with Gasteiger partial charge in [-0.15, -0.1) is 11.3 Å². The van der Waals surface area contributed by atoms with Gasteiger partial charge >= 0.3 is 6.61 Å². The molecule has 1 atom stereocenters. The van der Waals surface area contributed by atoms with E-state index in [0.29, 0.717) is 0 Å². The molecular weight excluding hydrogens is 256 g/mol. The van der Waals surface area contributed by atoms with Crippen molar-refractivity contribution in [2.24, 2.45) is 5.73 Å². The summed E-state index contributed by atoms with van der Waals surface area (Å²) in [5.41, 5.74) is 6.98. The third-order valence-corrected chi connectivity index (χ3v) is 3.62. The molecular formula is C13H13F2NOS. The minimum atomic E-state index is -2.80. The number of nitrogens with two attached hydrogens (primary N) is 1. The summed E-state index contributed by atoms with van der Waals surface area (Å²) >= 11 is 1.63. The summed E-state index contributed by atoms with van der Waals surface area (Å²) in [7, 11) is 0. The molecule has 2 nitrogen and oxygen atoms in total. The molecule has 0 saturated carbocycles. The summed E-state index contributed by atoms with van der Waals surface area (Å²) in [6.07, 6.45) is 0. The van der Waals surface area contributed by atoms with E-state index in [1.165, 1.54) is 17.0 Å². The van der Waals surface area contributed by atoms with Crippen LogP contribution in [0.1, 0.15) is 21.4 Å². The molecule has 2 N–H and O–H groups in total. The number of ether oxygens (including phenoxy) is 1. The van der Waals surface area contributed by atoms with Gasteiger partial charge in [-0.25, -0.2) is 0 Å². The van der Waals surface area contributed by atoms with Gasteiger partial charge < -0.3 is 10.5 Å². The third-order valence-electron chi connectivity index (χ3n) is 2.53. The van der Waals surface area contributed by atoms with E-state index in [4.69, 9.17) is 5.73 Å². The van der Waals surface area contributed by atoms with Crippen molar-refractivity contribution in [2.75, 3.05) is 0 Å². The lowest BCUT2D eigenvalue weighted by Gasteiger charge is -2.11. The molecule has 96 valence electrons. The first kappa shape index (κ1) is 13.0. The zero-order chi connectivity index (χ0) is 13.1. The number of hydrogen-bond acceptors (Lipinski definition) is 3. The van der Waals surface area contributed by atoms with E-state index in [1.807, 2.05) is 19.1 Å². The van der Waals surface area contributed by atoms with Crippen LogP contribution >= 0.6 is 11.3 Å². The van der Waals surface area contributed by atoms with E-state index in [-0.39, 0.29) is 11.8 Å². The molecule has 0 aliphatic heterocycles. The average Bonchev–Trinajstić information content (AvgIpc) is 2.75. The first-order valence-corrected chi connectivity index (χ1v) is 6.24. The largest absolute Gasteiger partial charge is 0.435 e. The SMILES string of the molecule is Cc1ccc(C(N)c2ccc(OC(F)F)cc2)s1. The number of hydrogen-bond donors (Lipinski definition) is 1. The topological polar surface area (TPSA) is 35.2 Å². The van der Waals surface area contributed by atoms with Crippen molar-refractivity contribution in [1.29, 1.82) is 0 Å². The van der Waals surface area contributed by atoms with Crippen LogP contribution in [0.15, 0.2) is 36.4 Å². The van der Waals surface area contributed by atoms with Crippen LogP contribution in [-0.4, -0.2) is 6.61 Å². The van der Waals surface area contributed by atoms with E-state index in [2.05, 4.69) is 4.74 Å². The van der Waals surface area contributed by atoms with Crippen molar-refractivity contribution in [2.45, 2.75) is 19.6 Å². The average molecular weight is 269 g/mol. The van der Waals surface area contributed by atoms with Crippen LogP contribution < -0.4 is 10.5 Å². The number of thiophene rings is 1. The van der Waals surface area contributed by atoms with E-state index in [9.17, 15) is 8.78 Å². The maximum absolute atomic E-state index is 12.0. The highest BCUT2D eigenvalue weighted by molar-refractivity contribution is 7.12. The van der Waals surface area contributed by atoms with E-state index in [0.717, 1.165) is 10.4 Å². The molecule has 1 aromatic carbocycles. The second-order valence-corrected chi connectivity index (χ2v) is 5.19. The number of aryl methyl sites for hydroxylation is 1. The van der Waals surface area contributed by atoms with Crippen molar-refractivity contribution in [3.8, 4) is 5.75 Å². The fourth-order valence-electron chi connectivity index (χ4n) is 1.64. The van der Waals surface area contributed by atoms with Crippen LogP contribution in [-0.2, 0) is 0 Å². The predicted molar refractivity (Wildman–Crippen MR) is 68.2 cm³/mol. The lowest BCUT2D eigenvalue weighted by Crippen LogP contribution is -2.10. The maximum atomic E-state index is 12.0. The lowest BCUT2D eigenvalue weighted by molar-refractivity contribution is -0.0498. The number of rotatable bonds is 4. The van der Waals surface area contributed by atoms with Crippen molar-refractivity contribution in [3.05, 3.63) is 51.7 Å². The van der Waals surface area contributed by atoms with E-state index < -0.39 is 6.61 Å². The van der Waals surface area contributed by atoms with Crippen LogP contribution in [0.25, 0.3) is 0 Å².